The van der Waals surface area contributed by atoms with Crippen molar-refractivity contribution in [2.24, 2.45) is 11.8 Å². The molecule has 1 saturated carbocycles. The van der Waals surface area contributed by atoms with Crippen LogP contribution in [0.5, 0.6) is 0 Å². The Bertz CT molecular complexity index is 626. The van der Waals surface area contributed by atoms with Crippen LogP contribution in [0.3, 0.4) is 0 Å². The minimum atomic E-state index is -0.280. The zero-order valence-corrected chi connectivity index (χ0v) is 21.8. The van der Waals surface area contributed by atoms with E-state index in [4.69, 9.17) is 4.74 Å². The van der Waals surface area contributed by atoms with Crippen LogP contribution < -0.4 is 26.6 Å². The molecule has 8 atom stereocenters. The molecule has 34 heavy (non-hydrogen) atoms. The Balaban J connectivity index is 1.22. The second kappa shape index (κ2) is 13.0. The number of hydrogen-bond donors (Lipinski definition) is 5. The molecule has 8 unspecified atom stereocenters. The first-order valence-corrected chi connectivity index (χ1v) is 14.2. The van der Waals surface area contributed by atoms with Crippen LogP contribution in [0, 0.1) is 11.8 Å². The number of carbonyl (C=O) groups is 1. The number of ether oxygens (including phenoxy) is 1. The van der Waals surface area contributed by atoms with Gasteiger partial charge in [0.25, 0.3) is 0 Å². The maximum atomic E-state index is 13.0. The van der Waals surface area contributed by atoms with Gasteiger partial charge in [-0.1, -0.05) is 20.8 Å². The van der Waals surface area contributed by atoms with Gasteiger partial charge in [0.15, 0.2) is 0 Å². The summed E-state index contributed by atoms with van der Waals surface area (Å²) in [5.41, 5.74) is 0. The van der Waals surface area contributed by atoms with E-state index in [-0.39, 0.29) is 30.4 Å². The second-order valence-electron chi connectivity index (χ2n) is 11.1. The Morgan fingerprint density at radius 2 is 1.91 bits per heavy atom. The molecule has 4 aliphatic rings. The van der Waals surface area contributed by atoms with Crippen LogP contribution in [0.1, 0.15) is 72.1 Å². The van der Waals surface area contributed by atoms with Crippen LogP contribution in [0.15, 0.2) is 0 Å². The highest BCUT2D eigenvalue weighted by atomic mass is 16.5. The smallest absolute Gasteiger partial charge is 0.249 e. The maximum absolute atomic E-state index is 13.0. The summed E-state index contributed by atoms with van der Waals surface area (Å²) < 4.78 is 6.14. The second-order valence-corrected chi connectivity index (χ2v) is 11.1. The molecule has 4 fully saturated rings. The minimum Gasteiger partial charge on any atom is -0.364 e. The zero-order chi connectivity index (χ0) is 23.9. The fourth-order valence-corrected chi connectivity index (χ4v) is 6.44. The first kappa shape index (κ1) is 26.3. The molecule has 1 aliphatic carbocycles. The average Bonchev–Trinajstić information content (AvgIpc) is 3.34. The van der Waals surface area contributed by atoms with Crippen molar-refractivity contribution in [3.63, 3.8) is 0 Å². The number of nitrogens with one attached hydrogen (secondary N) is 5. The molecular weight excluding hydrogens is 428 g/mol. The average molecular weight is 479 g/mol. The third-order valence-corrected chi connectivity index (χ3v) is 8.77. The van der Waals surface area contributed by atoms with E-state index in [2.05, 4.69) is 52.3 Å². The summed E-state index contributed by atoms with van der Waals surface area (Å²) in [6.45, 7) is 13.1. The molecule has 8 nitrogen and oxygen atoms in total. The van der Waals surface area contributed by atoms with Crippen molar-refractivity contribution in [1.29, 1.82) is 0 Å². The monoisotopic (exact) mass is 478 g/mol. The number of hydrogen-bond acceptors (Lipinski definition) is 7. The molecule has 0 spiro atoms. The van der Waals surface area contributed by atoms with Gasteiger partial charge in [0.05, 0.1) is 6.10 Å². The van der Waals surface area contributed by atoms with Crippen molar-refractivity contribution in [3.8, 4) is 0 Å². The molecule has 0 aromatic heterocycles. The summed E-state index contributed by atoms with van der Waals surface area (Å²) in [4.78, 5) is 15.4. The molecule has 0 aromatic carbocycles. The number of nitrogens with zero attached hydrogens (tertiary/aromatic N) is 1. The minimum absolute atomic E-state index is 0.0964. The molecule has 0 bridgehead atoms. The summed E-state index contributed by atoms with van der Waals surface area (Å²) in [7, 11) is 0. The predicted molar refractivity (Wildman–Crippen MR) is 136 cm³/mol. The third-order valence-electron chi connectivity index (χ3n) is 8.77. The largest absolute Gasteiger partial charge is 0.364 e. The Hall–Kier alpha value is -0.770. The molecule has 3 aliphatic heterocycles. The zero-order valence-electron chi connectivity index (χ0n) is 21.8. The van der Waals surface area contributed by atoms with Crippen molar-refractivity contribution in [2.45, 2.75) is 109 Å². The van der Waals surface area contributed by atoms with Crippen LogP contribution in [-0.2, 0) is 9.53 Å². The quantitative estimate of drug-likeness (QED) is 0.342. The molecule has 3 heterocycles. The summed E-state index contributed by atoms with van der Waals surface area (Å²) in [6, 6.07) is 1.20. The first-order chi connectivity index (χ1) is 16.6. The molecule has 8 heteroatoms. The van der Waals surface area contributed by atoms with Crippen molar-refractivity contribution in [1.82, 2.24) is 31.5 Å². The van der Waals surface area contributed by atoms with Gasteiger partial charge >= 0.3 is 0 Å². The maximum Gasteiger partial charge on any atom is 0.249 e. The SMILES string of the molecule is CCN(CC)CC1CCC(C(=O)NC2CCC(C)C(NC3NCCC(C4CCCNC4)N3)C2)O1. The number of likely N-dealkylation sites (N-methyl/N-ethyl adjacent to an activating group) is 1. The predicted octanol–water partition coefficient (Wildman–Crippen LogP) is 1.37. The van der Waals surface area contributed by atoms with Crippen LogP contribution in [0.25, 0.3) is 0 Å². The standard InChI is InChI=1S/C26H50N6O2/c1-4-32(5-2)17-21-10-11-24(34-21)25(33)29-20-9-8-18(3)23(15-20)31-26-28-14-12-22(30-26)19-7-6-13-27-16-19/h18-24,26-28,30-31H,4-17H2,1-3H3,(H,29,33). The lowest BCUT2D eigenvalue weighted by Crippen LogP contribution is -2.66. The molecule has 1 amide bonds. The number of rotatable bonds is 9. The lowest BCUT2D eigenvalue weighted by molar-refractivity contribution is -0.133. The van der Waals surface area contributed by atoms with Gasteiger partial charge < -0.3 is 20.3 Å². The van der Waals surface area contributed by atoms with Crippen LogP contribution >= 0.6 is 0 Å². The van der Waals surface area contributed by atoms with Crippen molar-refractivity contribution >= 4 is 5.91 Å². The highest BCUT2D eigenvalue weighted by Crippen LogP contribution is 2.27. The molecule has 5 N–H and O–H groups in total. The summed E-state index contributed by atoms with van der Waals surface area (Å²) >= 11 is 0. The van der Waals surface area contributed by atoms with Crippen molar-refractivity contribution < 1.29 is 9.53 Å². The van der Waals surface area contributed by atoms with E-state index in [1.807, 2.05) is 0 Å². The lowest BCUT2D eigenvalue weighted by atomic mass is 9.82. The topological polar surface area (TPSA) is 89.7 Å². The van der Waals surface area contributed by atoms with Gasteiger partial charge in [-0.15, -0.1) is 0 Å². The highest BCUT2D eigenvalue weighted by Gasteiger charge is 2.36. The van der Waals surface area contributed by atoms with Gasteiger partial charge in [-0.2, -0.15) is 0 Å². The van der Waals surface area contributed by atoms with Crippen LogP contribution in [-0.4, -0.2) is 86.7 Å². The van der Waals surface area contributed by atoms with Gasteiger partial charge in [-0.25, -0.2) is 0 Å². The molecule has 0 aromatic rings. The van der Waals surface area contributed by atoms with Crippen molar-refractivity contribution in [2.75, 3.05) is 39.3 Å². The summed E-state index contributed by atoms with van der Waals surface area (Å²) in [6.07, 6.45) is 8.88. The fraction of sp³-hybridized carbons (Fsp3) is 0.962. The van der Waals surface area contributed by atoms with Crippen LogP contribution in [0.2, 0.25) is 0 Å². The molecule has 4 rings (SSSR count). The van der Waals surface area contributed by atoms with E-state index in [1.165, 1.54) is 25.8 Å². The van der Waals surface area contributed by atoms with Gasteiger partial charge in [0, 0.05) is 24.7 Å². The third kappa shape index (κ3) is 7.14. The van der Waals surface area contributed by atoms with E-state index in [0.717, 1.165) is 70.7 Å². The van der Waals surface area contributed by atoms with Crippen molar-refractivity contribution in [3.05, 3.63) is 0 Å². The highest BCUT2D eigenvalue weighted by molar-refractivity contribution is 5.81. The summed E-state index contributed by atoms with van der Waals surface area (Å²) in [5, 5.41) is 18.3. The van der Waals surface area contributed by atoms with E-state index in [0.29, 0.717) is 18.0 Å². The number of piperidine rings is 1. The molecule has 196 valence electrons. The molecule has 3 saturated heterocycles. The van der Waals surface area contributed by atoms with Gasteiger partial charge in [0.1, 0.15) is 12.4 Å². The normalized spacial score (nSPS) is 39.3. The number of amides is 1. The fourth-order valence-electron chi connectivity index (χ4n) is 6.44. The van der Waals surface area contributed by atoms with Crippen LogP contribution in [0.4, 0.5) is 0 Å². The number of carbonyl (C=O) groups excluding carboxylic acids is 1. The Morgan fingerprint density at radius 1 is 1.06 bits per heavy atom. The first-order valence-electron chi connectivity index (χ1n) is 14.2. The van der Waals surface area contributed by atoms with Gasteiger partial charge in [-0.05, 0) is 95.9 Å². The van der Waals surface area contributed by atoms with Gasteiger partial charge in [0.2, 0.25) is 5.91 Å². The van der Waals surface area contributed by atoms with Gasteiger partial charge in [-0.3, -0.25) is 20.7 Å². The van der Waals surface area contributed by atoms with E-state index < -0.39 is 0 Å². The lowest BCUT2D eigenvalue weighted by Gasteiger charge is -2.42. The van der Waals surface area contributed by atoms with E-state index in [9.17, 15) is 4.79 Å². The summed E-state index contributed by atoms with van der Waals surface area (Å²) in [5.74, 6) is 1.43. The Morgan fingerprint density at radius 3 is 2.68 bits per heavy atom. The van der Waals surface area contributed by atoms with E-state index >= 15 is 0 Å². The van der Waals surface area contributed by atoms with E-state index in [1.54, 1.807) is 0 Å². The Kier molecular flexibility index (Phi) is 10.0. The molecular formula is C26H50N6O2. The Labute approximate surface area is 207 Å². The molecule has 0 radical (unpaired) electrons.